The molecule has 0 aromatic heterocycles. The van der Waals surface area contributed by atoms with Crippen LogP contribution in [-0.4, -0.2) is 61.1 Å². The first-order valence-electron chi connectivity index (χ1n) is 14.4. The summed E-state index contributed by atoms with van der Waals surface area (Å²) in [5, 5.41) is 11.2. The van der Waals surface area contributed by atoms with Crippen LogP contribution >= 0.6 is 0 Å². The Kier molecular flexibility index (Phi) is 11.5. The Morgan fingerprint density at radius 1 is 0.810 bits per heavy atom. The molecular weight excluding hydrogens is 536 g/mol. The number of benzene rings is 2. The minimum absolute atomic E-state index is 0.0794. The second-order valence-electron chi connectivity index (χ2n) is 11.8. The van der Waals surface area contributed by atoms with Gasteiger partial charge in [-0.05, 0) is 61.4 Å². The summed E-state index contributed by atoms with van der Waals surface area (Å²) in [4.78, 5) is 53.2. The zero-order valence-corrected chi connectivity index (χ0v) is 25.4. The van der Waals surface area contributed by atoms with Gasteiger partial charge in [-0.3, -0.25) is 14.4 Å². The minimum Gasteiger partial charge on any atom is -0.497 e. The number of ether oxygens (including phenoxy) is 2. The van der Waals surface area contributed by atoms with Crippen molar-refractivity contribution in [2.24, 2.45) is 11.8 Å². The van der Waals surface area contributed by atoms with Gasteiger partial charge in [0.25, 0.3) is 0 Å². The number of hydrogen-bond donors (Lipinski definition) is 4. The molecule has 1 heterocycles. The van der Waals surface area contributed by atoms with Crippen LogP contribution in [0.1, 0.15) is 53.0 Å². The first kappa shape index (κ1) is 32.6. The van der Waals surface area contributed by atoms with Crippen LogP contribution < -0.4 is 26.0 Å². The molecule has 2 unspecified atom stereocenters. The first-order valence-corrected chi connectivity index (χ1v) is 14.4. The molecular formula is C32H44N4O6. The van der Waals surface area contributed by atoms with Gasteiger partial charge in [-0.2, -0.15) is 0 Å². The molecule has 2 aromatic carbocycles. The highest BCUT2D eigenvalue weighted by molar-refractivity contribution is 5.99. The summed E-state index contributed by atoms with van der Waals surface area (Å²) in [6, 6.07) is 13.0. The predicted molar refractivity (Wildman–Crippen MR) is 161 cm³/mol. The average Bonchev–Trinajstić information content (AvgIpc) is 3.70. The zero-order valence-electron chi connectivity index (χ0n) is 25.4. The van der Waals surface area contributed by atoms with Gasteiger partial charge in [0.1, 0.15) is 23.4 Å². The number of rotatable bonds is 15. The molecule has 1 saturated heterocycles. The number of ketones is 1. The van der Waals surface area contributed by atoms with E-state index >= 15 is 0 Å². The van der Waals surface area contributed by atoms with E-state index in [2.05, 4.69) is 21.3 Å². The normalized spacial score (nSPS) is 18.0. The third-order valence-corrected chi connectivity index (χ3v) is 7.03. The van der Waals surface area contributed by atoms with Crippen LogP contribution in [0.15, 0.2) is 54.6 Å². The number of carbonyl (C=O) groups is 4. The highest BCUT2D eigenvalue weighted by Gasteiger charge is 2.50. The van der Waals surface area contributed by atoms with Crippen LogP contribution in [0.5, 0.6) is 5.75 Å². The maximum Gasteiger partial charge on any atom is 0.319 e. The summed E-state index contributed by atoms with van der Waals surface area (Å²) >= 11 is 0. The van der Waals surface area contributed by atoms with Crippen molar-refractivity contribution < 1.29 is 28.7 Å². The fourth-order valence-corrected chi connectivity index (χ4v) is 4.63. The van der Waals surface area contributed by atoms with E-state index in [1.165, 1.54) is 0 Å². The lowest BCUT2D eigenvalue weighted by Crippen LogP contribution is -2.57. The third-order valence-electron chi connectivity index (χ3n) is 7.03. The molecule has 10 nitrogen and oxygen atoms in total. The number of urea groups is 1. The largest absolute Gasteiger partial charge is 0.497 e. The SMILES string of the molecule is COc1ccc(NC(=O)NC(CC(C)C)C(=O)N[C@@H](Cc2ccccc2)C(=O)NC(CC(C)C)C(=O)[C@@]2(C)CO2)cc1. The number of anilines is 1. The van der Waals surface area contributed by atoms with E-state index < -0.39 is 41.6 Å². The Labute approximate surface area is 248 Å². The molecule has 0 aliphatic carbocycles. The van der Waals surface area contributed by atoms with Crippen molar-refractivity contribution in [3.63, 3.8) is 0 Å². The monoisotopic (exact) mass is 580 g/mol. The van der Waals surface area contributed by atoms with Crippen LogP contribution in [0.4, 0.5) is 10.5 Å². The Hall–Kier alpha value is -3.92. The molecule has 1 aliphatic rings. The predicted octanol–water partition coefficient (Wildman–Crippen LogP) is 3.85. The van der Waals surface area contributed by atoms with Crippen LogP contribution in [0.3, 0.4) is 0 Å². The molecule has 2 aromatic rings. The highest BCUT2D eigenvalue weighted by Crippen LogP contribution is 2.29. The van der Waals surface area contributed by atoms with Crippen molar-refractivity contribution in [3.8, 4) is 5.75 Å². The van der Waals surface area contributed by atoms with Gasteiger partial charge in [-0.15, -0.1) is 0 Å². The van der Waals surface area contributed by atoms with E-state index in [9.17, 15) is 19.2 Å². The van der Waals surface area contributed by atoms with Gasteiger partial charge in [0.2, 0.25) is 11.8 Å². The number of methoxy groups -OCH3 is 1. The molecule has 0 bridgehead atoms. The molecule has 42 heavy (non-hydrogen) atoms. The zero-order chi connectivity index (χ0) is 30.9. The van der Waals surface area contributed by atoms with Crippen molar-refractivity contribution in [1.29, 1.82) is 0 Å². The number of carbonyl (C=O) groups excluding carboxylic acids is 4. The van der Waals surface area contributed by atoms with Crippen LogP contribution in [-0.2, 0) is 25.5 Å². The summed E-state index contributed by atoms with van der Waals surface area (Å²) in [7, 11) is 1.56. The van der Waals surface area contributed by atoms with E-state index in [-0.39, 0.29) is 24.0 Å². The van der Waals surface area contributed by atoms with E-state index in [1.807, 2.05) is 58.0 Å². The van der Waals surface area contributed by atoms with Crippen LogP contribution in [0.25, 0.3) is 0 Å². The lowest BCUT2D eigenvalue weighted by Gasteiger charge is -2.27. The minimum atomic E-state index is -0.976. The molecule has 10 heteroatoms. The Balaban J connectivity index is 1.76. The second-order valence-corrected chi connectivity index (χ2v) is 11.8. The molecule has 1 aliphatic heterocycles. The Morgan fingerprint density at radius 3 is 1.90 bits per heavy atom. The fraction of sp³-hybridized carbons (Fsp3) is 0.500. The van der Waals surface area contributed by atoms with E-state index in [0.717, 1.165) is 5.56 Å². The summed E-state index contributed by atoms with van der Waals surface area (Å²) in [5.41, 5.74) is 0.481. The third kappa shape index (κ3) is 9.87. The summed E-state index contributed by atoms with van der Waals surface area (Å²) in [6.07, 6.45) is 1.01. The number of amides is 4. The van der Waals surface area contributed by atoms with Gasteiger partial charge in [0.05, 0.1) is 19.8 Å². The lowest BCUT2D eigenvalue weighted by molar-refractivity contribution is -0.133. The van der Waals surface area contributed by atoms with E-state index in [4.69, 9.17) is 9.47 Å². The number of nitrogens with one attached hydrogen (secondary N) is 4. The van der Waals surface area contributed by atoms with Crippen molar-refractivity contribution in [2.75, 3.05) is 19.0 Å². The molecule has 3 rings (SSSR count). The van der Waals surface area contributed by atoms with Crippen molar-refractivity contribution in [3.05, 3.63) is 60.2 Å². The average molecular weight is 581 g/mol. The topological polar surface area (TPSA) is 138 Å². The molecule has 4 atom stereocenters. The first-order chi connectivity index (χ1) is 19.9. The lowest BCUT2D eigenvalue weighted by atomic mass is 9.93. The molecule has 4 amide bonds. The summed E-state index contributed by atoms with van der Waals surface area (Å²) < 4.78 is 10.5. The second kappa shape index (κ2) is 14.8. The molecule has 0 spiro atoms. The van der Waals surface area contributed by atoms with Gasteiger partial charge in [0, 0.05) is 12.1 Å². The fourth-order valence-electron chi connectivity index (χ4n) is 4.63. The Morgan fingerprint density at radius 2 is 1.36 bits per heavy atom. The van der Waals surface area contributed by atoms with Crippen LogP contribution in [0.2, 0.25) is 0 Å². The number of Topliss-reactive ketones (excluding diaryl/α,β-unsaturated/α-hetero) is 1. The van der Waals surface area contributed by atoms with E-state index in [0.29, 0.717) is 30.9 Å². The number of hydrogen-bond acceptors (Lipinski definition) is 6. The molecule has 0 radical (unpaired) electrons. The highest BCUT2D eigenvalue weighted by atomic mass is 16.6. The van der Waals surface area contributed by atoms with Gasteiger partial charge in [-0.25, -0.2) is 4.79 Å². The van der Waals surface area contributed by atoms with Crippen LogP contribution in [0, 0.1) is 11.8 Å². The van der Waals surface area contributed by atoms with Gasteiger partial charge < -0.3 is 30.7 Å². The molecule has 4 N–H and O–H groups in total. The number of epoxide rings is 1. The van der Waals surface area contributed by atoms with Gasteiger partial charge in [0.15, 0.2) is 5.78 Å². The summed E-state index contributed by atoms with van der Waals surface area (Å²) in [5.74, 6) is -0.264. The Bertz CT molecular complexity index is 1210. The van der Waals surface area contributed by atoms with Crippen molar-refractivity contribution in [2.45, 2.75) is 77.6 Å². The molecule has 0 saturated carbocycles. The van der Waals surface area contributed by atoms with Crippen molar-refractivity contribution >= 4 is 29.3 Å². The quantitative estimate of drug-likeness (QED) is 0.236. The smallest absolute Gasteiger partial charge is 0.319 e. The standard InChI is InChI=1S/C32H44N4O6/c1-20(2)16-25(28(37)32(5)19-42-32)34-30(39)27(18-22-10-8-7-9-11-22)35-29(38)26(17-21(3)4)36-31(40)33-23-12-14-24(41-6)15-13-23/h7-15,20-21,25-27H,16-19H2,1-6H3,(H,34,39)(H,35,38)(H2,33,36,40)/t25?,26?,27-,32+/m0/s1. The van der Waals surface area contributed by atoms with Crippen molar-refractivity contribution in [1.82, 2.24) is 16.0 Å². The maximum atomic E-state index is 13.7. The molecule has 228 valence electrons. The van der Waals surface area contributed by atoms with E-state index in [1.54, 1.807) is 38.3 Å². The summed E-state index contributed by atoms with van der Waals surface area (Å²) in [6.45, 7) is 9.88. The maximum absolute atomic E-state index is 13.7. The van der Waals surface area contributed by atoms with Gasteiger partial charge >= 0.3 is 6.03 Å². The van der Waals surface area contributed by atoms with Gasteiger partial charge in [-0.1, -0.05) is 58.0 Å². The molecule has 1 fully saturated rings.